The van der Waals surface area contributed by atoms with Gasteiger partial charge < -0.3 is 15.2 Å². The molecular weight excluding hydrogens is 446 g/mol. The fraction of sp³-hybridized carbons (Fsp3) is 0.0769. The number of fused-ring (bicyclic) bond motifs is 1. The van der Waals surface area contributed by atoms with E-state index in [4.69, 9.17) is 4.74 Å². The van der Waals surface area contributed by atoms with Gasteiger partial charge in [-0.15, -0.1) is 0 Å². The summed E-state index contributed by atoms with van der Waals surface area (Å²) in [5.74, 6) is 1.60. The van der Waals surface area contributed by atoms with Gasteiger partial charge in [0.2, 0.25) is 0 Å². The van der Waals surface area contributed by atoms with E-state index in [0.29, 0.717) is 23.8 Å². The molecule has 8 heteroatoms. The Morgan fingerprint density at radius 3 is 2.65 bits per heavy atom. The number of aromatic hydroxyl groups is 1. The van der Waals surface area contributed by atoms with Crippen LogP contribution in [0.1, 0.15) is 11.4 Å². The largest absolute Gasteiger partial charge is 0.508 e. The van der Waals surface area contributed by atoms with E-state index in [1.807, 2.05) is 67.6 Å². The van der Waals surface area contributed by atoms with Gasteiger partial charge in [-0.3, -0.25) is 4.98 Å². The summed E-state index contributed by atoms with van der Waals surface area (Å²) in [6.45, 7) is 2.30. The van der Waals surface area contributed by atoms with Gasteiger partial charge in [-0.05, 0) is 67.6 Å². The Morgan fingerprint density at radius 2 is 1.82 bits per heavy atom. The molecular formula is C26H21N5O2S. The minimum absolute atomic E-state index is 0.233. The lowest BCUT2D eigenvalue weighted by Gasteiger charge is -2.15. The van der Waals surface area contributed by atoms with Crippen molar-refractivity contribution in [2.45, 2.75) is 23.3 Å². The quantitative estimate of drug-likeness (QED) is 0.305. The lowest BCUT2D eigenvalue weighted by Crippen LogP contribution is -2.01. The molecule has 0 aliphatic carbocycles. The van der Waals surface area contributed by atoms with Crippen molar-refractivity contribution in [3.05, 3.63) is 96.7 Å². The van der Waals surface area contributed by atoms with Gasteiger partial charge >= 0.3 is 0 Å². The molecule has 0 aliphatic rings. The monoisotopic (exact) mass is 467 g/mol. The lowest BCUT2D eigenvalue weighted by molar-refractivity contribution is 0.301. The van der Waals surface area contributed by atoms with Crippen molar-refractivity contribution in [3.8, 4) is 11.5 Å². The number of anilines is 2. The first kappa shape index (κ1) is 21.7. The zero-order chi connectivity index (χ0) is 23.3. The highest BCUT2D eigenvalue weighted by molar-refractivity contribution is 7.99. The Bertz CT molecular complexity index is 1430. The number of rotatable bonds is 7. The molecule has 7 nitrogen and oxygen atoms in total. The SMILES string of the molecule is Cc1ccc2c(Nc3cc(OCc4ccccn4)ccc3Sc3ccc(O)cc3)ncnc2n1. The molecule has 2 N–H and O–H groups in total. The molecule has 3 heterocycles. The summed E-state index contributed by atoms with van der Waals surface area (Å²) in [6, 6.07) is 22.6. The topological polar surface area (TPSA) is 93.0 Å². The highest BCUT2D eigenvalue weighted by Gasteiger charge is 2.12. The van der Waals surface area contributed by atoms with Crippen LogP contribution >= 0.6 is 11.8 Å². The molecule has 0 unspecified atom stereocenters. The van der Waals surface area contributed by atoms with Crippen LogP contribution in [-0.4, -0.2) is 25.0 Å². The van der Waals surface area contributed by atoms with E-state index in [2.05, 4.69) is 25.3 Å². The van der Waals surface area contributed by atoms with Crippen LogP contribution in [-0.2, 0) is 6.61 Å². The highest BCUT2D eigenvalue weighted by Crippen LogP contribution is 2.38. The maximum absolute atomic E-state index is 9.62. The van der Waals surface area contributed by atoms with Crippen molar-refractivity contribution in [2.75, 3.05) is 5.32 Å². The molecule has 3 aromatic heterocycles. The standard InChI is InChI=1S/C26H21N5O2S/c1-17-5-11-22-25(30-17)28-16-29-26(22)31-23-14-20(33-15-18-4-2-3-13-27-18)8-12-24(23)34-21-9-6-19(32)7-10-21/h2-14,16,32H,15H2,1H3,(H,28,29,30,31). The zero-order valence-electron chi connectivity index (χ0n) is 18.3. The summed E-state index contributed by atoms with van der Waals surface area (Å²) in [6.07, 6.45) is 3.25. The average Bonchev–Trinajstić information content (AvgIpc) is 2.86. The van der Waals surface area contributed by atoms with Gasteiger partial charge in [-0.2, -0.15) is 0 Å². The number of hydrogen-bond donors (Lipinski definition) is 2. The van der Waals surface area contributed by atoms with Crippen LogP contribution in [0.3, 0.4) is 0 Å². The van der Waals surface area contributed by atoms with Gasteiger partial charge in [0.05, 0.1) is 16.8 Å². The smallest absolute Gasteiger partial charge is 0.164 e. The molecule has 0 saturated heterocycles. The van der Waals surface area contributed by atoms with Crippen molar-refractivity contribution in [1.29, 1.82) is 0 Å². The van der Waals surface area contributed by atoms with Crippen LogP contribution in [0.4, 0.5) is 11.5 Å². The number of phenolic OH excluding ortho intramolecular Hbond substituents is 1. The highest BCUT2D eigenvalue weighted by atomic mass is 32.2. The van der Waals surface area contributed by atoms with Crippen molar-refractivity contribution in [3.63, 3.8) is 0 Å². The minimum Gasteiger partial charge on any atom is -0.508 e. The van der Waals surface area contributed by atoms with Crippen LogP contribution in [0, 0.1) is 6.92 Å². The lowest BCUT2D eigenvalue weighted by atomic mass is 10.2. The normalized spacial score (nSPS) is 10.9. The number of aromatic nitrogens is 4. The van der Waals surface area contributed by atoms with Crippen LogP contribution in [0.25, 0.3) is 11.0 Å². The second kappa shape index (κ2) is 9.76. The Balaban J connectivity index is 1.48. The Morgan fingerprint density at radius 1 is 0.941 bits per heavy atom. The molecule has 0 amide bonds. The molecule has 0 atom stereocenters. The first-order chi connectivity index (χ1) is 16.6. The van der Waals surface area contributed by atoms with Crippen LogP contribution < -0.4 is 10.1 Å². The molecule has 0 fully saturated rings. The molecule has 5 aromatic rings. The number of nitrogens with zero attached hydrogens (tertiary/aromatic N) is 4. The average molecular weight is 468 g/mol. The number of phenols is 1. The van der Waals surface area contributed by atoms with Gasteiger partial charge in [0.1, 0.15) is 30.3 Å². The maximum Gasteiger partial charge on any atom is 0.164 e. The molecule has 0 saturated carbocycles. The van der Waals surface area contributed by atoms with Crippen molar-refractivity contribution < 1.29 is 9.84 Å². The second-order valence-corrected chi connectivity index (χ2v) is 8.65. The third-order valence-electron chi connectivity index (χ3n) is 5.02. The Labute approximate surface area is 200 Å². The summed E-state index contributed by atoms with van der Waals surface area (Å²) < 4.78 is 6.00. The molecule has 0 radical (unpaired) electrons. The van der Waals surface area contributed by atoms with E-state index < -0.39 is 0 Å². The number of nitrogens with one attached hydrogen (secondary N) is 1. The van der Waals surface area contributed by atoms with E-state index in [1.165, 1.54) is 6.33 Å². The predicted molar refractivity (Wildman–Crippen MR) is 133 cm³/mol. The third-order valence-corrected chi connectivity index (χ3v) is 6.10. The fourth-order valence-corrected chi connectivity index (χ4v) is 4.21. The summed E-state index contributed by atoms with van der Waals surface area (Å²) in [5, 5.41) is 13.9. The second-order valence-electron chi connectivity index (χ2n) is 7.53. The van der Waals surface area contributed by atoms with Gasteiger partial charge in [-0.1, -0.05) is 17.8 Å². The molecule has 5 rings (SSSR count). The number of hydrogen-bond acceptors (Lipinski definition) is 8. The summed E-state index contributed by atoms with van der Waals surface area (Å²) in [5.41, 5.74) is 3.21. The predicted octanol–water partition coefficient (Wildman–Crippen LogP) is 5.91. The molecule has 0 bridgehead atoms. The zero-order valence-corrected chi connectivity index (χ0v) is 19.2. The fourth-order valence-electron chi connectivity index (χ4n) is 3.33. The summed E-state index contributed by atoms with van der Waals surface area (Å²) in [7, 11) is 0. The van der Waals surface area contributed by atoms with E-state index >= 15 is 0 Å². The van der Waals surface area contributed by atoms with Gasteiger partial charge in [0, 0.05) is 27.7 Å². The molecule has 34 heavy (non-hydrogen) atoms. The molecule has 168 valence electrons. The number of pyridine rings is 2. The van der Waals surface area contributed by atoms with Crippen molar-refractivity contribution in [2.24, 2.45) is 0 Å². The van der Waals surface area contributed by atoms with Gasteiger partial charge in [0.25, 0.3) is 0 Å². The van der Waals surface area contributed by atoms with E-state index in [-0.39, 0.29) is 5.75 Å². The number of aryl methyl sites for hydroxylation is 1. The third kappa shape index (κ3) is 5.07. The summed E-state index contributed by atoms with van der Waals surface area (Å²) >= 11 is 1.57. The molecule has 0 aliphatic heterocycles. The Hall–Kier alpha value is -4.17. The summed E-state index contributed by atoms with van der Waals surface area (Å²) in [4.78, 5) is 19.6. The maximum atomic E-state index is 9.62. The van der Waals surface area contributed by atoms with Crippen LogP contribution in [0.5, 0.6) is 11.5 Å². The number of benzene rings is 2. The minimum atomic E-state index is 0.233. The first-order valence-electron chi connectivity index (χ1n) is 10.6. The molecule has 2 aromatic carbocycles. The van der Waals surface area contributed by atoms with Crippen molar-refractivity contribution >= 4 is 34.3 Å². The number of ether oxygens (including phenoxy) is 1. The van der Waals surface area contributed by atoms with E-state index in [1.54, 1.807) is 30.1 Å². The molecule has 0 spiro atoms. The van der Waals surface area contributed by atoms with Gasteiger partial charge in [0.15, 0.2) is 5.65 Å². The first-order valence-corrected chi connectivity index (χ1v) is 11.4. The van der Waals surface area contributed by atoms with E-state index in [9.17, 15) is 5.11 Å². The van der Waals surface area contributed by atoms with Gasteiger partial charge in [-0.25, -0.2) is 15.0 Å². The van der Waals surface area contributed by atoms with Crippen LogP contribution in [0.2, 0.25) is 0 Å². The van der Waals surface area contributed by atoms with E-state index in [0.717, 1.165) is 32.3 Å². The Kier molecular flexibility index (Phi) is 6.22. The van der Waals surface area contributed by atoms with Crippen LogP contribution in [0.15, 0.2) is 95.1 Å². The van der Waals surface area contributed by atoms with Crippen molar-refractivity contribution in [1.82, 2.24) is 19.9 Å².